The first-order chi connectivity index (χ1) is 53.6. The van der Waals surface area contributed by atoms with E-state index in [9.17, 15) is 71.9 Å². The minimum atomic E-state index is -3.29. The maximum Gasteiger partial charge on any atom is 0.269 e. The number of amides is 2. The smallest absolute Gasteiger partial charge is 0.269 e. The molecule has 0 fully saturated rings. The summed E-state index contributed by atoms with van der Waals surface area (Å²) < 4.78 is 133. The number of nitrogens with one attached hydrogen (secondary N) is 4. The number of sulfonamides is 4. The zero-order valence-electron chi connectivity index (χ0n) is 61.8. The SMILES string of the molecule is C=CC(=O)Nc1cccc(Oc2ccnc(Nc3ccc4c(c3)CCN4S(C)(=O)=O)n2)c1.C=CC(=O)Nc1cccc(Oc2nc(Cl)ncc2OC)c1.CS(=O)(=O)Cl.CS(=O)(=O)N1CCc2cc(N)ccc21.CS(=O)(=O)N1CCc2cc(N)ccc21.CS(=O)(=O)N1CCc2cc([N+](=O)[O-])ccc21.O=[N+]([O-])c1ccc2c(c1)CCN2. The number of aromatic nitrogens is 4. The predicted molar refractivity (Wildman–Crippen MR) is 440 cm³/mol. The van der Waals surface area contributed by atoms with Crippen molar-refractivity contribution in [1.82, 2.24) is 19.9 Å². The Labute approximate surface area is 667 Å². The number of nitro groups is 2. The van der Waals surface area contributed by atoms with Gasteiger partial charge in [-0.1, -0.05) is 25.3 Å². The van der Waals surface area contributed by atoms with Crippen LogP contribution in [0.15, 0.2) is 183 Å². The summed E-state index contributed by atoms with van der Waals surface area (Å²) in [5, 5.41) is 32.5. The van der Waals surface area contributed by atoms with Crippen molar-refractivity contribution in [3.63, 3.8) is 0 Å². The summed E-state index contributed by atoms with van der Waals surface area (Å²) in [6.07, 6.45) is 14.6. The molecule has 5 aliphatic heterocycles. The van der Waals surface area contributed by atoms with Gasteiger partial charge < -0.3 is 46.9 Å². The van der Waals surface area contributed by atoms with Crippen LogP contribution in [0.5, 0.6) is 29.0 Å². The summed E-state index contributed by atoms with van der Waals surface area (Å²) in [4.78, 5) is 59.2. The zero-order valence-corrected chi connectivity index (χ0v) is 67.4. The maximum absolute atomic E-state index is 11.9. The molecule has 0 saturated carbocycles. The van der Waals surface area contributed by atoms with Gasteiger partial charge in [-0.15, -0.1) is 0 Å². The number of ether oxygens (including phenoxy) is 3. The van der Waals surface area contributed by atoms with Gasteiger partial charge >= 0.3 is 0 Å². The number of hydrogen-bond donors (Lipinski definition) is 6. The number of rotatable bonds is 17. The zero-order chi connectivity index (χ0) is 83.6. The lowest BCUT2D eigenvalue weighted by Gasteiger charge is -2.16. The molecule has 0 radical (unpaired) electrons. The number of nitro benzene ring substituents is 2. The molecule has 2 aromatic heterocycles. The van der Waals surface area contributed by atoms with E-state index >= 15 is 0 Å². The van der Waals surface area contributed by atoms with Gasteiger partial charge in [-0.05, 0) is 175 Å². The van der Waals surface area contributed by atoms with Gasteiger partial charge in [0.2, 0.25) is 78.1 Å². The van der Waals surface area contributed by atoms with Gasteiger partial charge in [0.15, 0.2) is 5.75 Å². The molecule has 0 bridgehead atoms. The van der Waals surface area contributed by atoms with Crippen LogP contribution in [0.2, 0.25) is 5.28 Å². The Hall–Kier alpha value is -12.0. The van der Waals surface area contributed by atoms with Gasteiger partial charge in [0.25, 0.3) is 17.3 Å². The topological polar surface area (TPSA) is 483 Å². The maximum atomic E-state index is 11.9. The molecular weight excluding hydrogens is 1620 g/mol. The third kappa shape index (κ3) is 25.5. The molecule has 5 aliphatic rings. The fourth-order valence-electron chi connectivity index (χ4n) is 11.5. The van der Waals surface area contributed by atoms with Crippen LogP contribution in [0.4, 0.5) is 74.2 Å². The first kappa shape index (κ1) is 87.6. The average Bonchev–Trinajstić information content (AvgIpc) is 1.64. The number of anilines is 11. The molecule has 8 N–H and O–H groups in total. The van der Waals surface area contributed by atoms with E-state index in [0.717, 1.165) is 83.3 Å². The Morgan fingerprint density at radius 2 is 0.956 bits per heavy atom. The van der Waals surface area contributed by atoms with Gasteiger partial charge in [0.05, 0.1) is 77.2 Å². The lowest BCUT2D eigenvalue weighted by Crippen LogP contribution is -2.27. The molecule has 7 aromatic carbocycles. The third-order valence-corrected chi connectivity index (χ3v) is 21.3. The number of non-ortho nitro benzene ring substituents is 2. The van der Waals surface area contributed by atoms with Crippen LogP contribution in [0.25, 0.3) is 0 Å². The number of carbonyl (C=O) groups excluding carboxylic acids is 2. The number of benzene rings is 7. The molecule has 2 amide bonds. The standard InChI is InChI=1S/C22H21N5O4S.C14H12ClN3O3.C9H10N2O4S.2C9H12N2O2S.C8H8N2O2.CH3ClO2S/c1-3-20(28)24-16-5-4-6-18(14-16)31-21-9-11-23-22(26-21)25-17-7-8-19-15(13-17)10-12-27(19)32(2,29)30;1-3-12(19)17-9-5-4-6-10(7-9)21-13-11(20-2)8-16-14(15)18-13;1-16(14,15)10-5-4-7-6-8(11(12)13)2-3-9(7)10;2*1-14(12,13)11-5-4-7-6-8(10)2-3-9(7)11;11-10(12)7-1-2-8-6(5-7)3-4-9-8;1-5(2,3)4/h3-9,11,13-14H,1,10,12H2,2H3,(H,24,28)(H,23,25,26);3-8H,1H2,2H3,(H,17,19);2-3,6H,4-5H2,1H3;2*2-3,6H,4-5,10H2,1H3;1-2,5,9H,3-4H2;1H3. The average molecular weight is 1700 g/mol. The van der Waals surface area contributed by atoms with Crippen LogP contribution in [-0.2, 0) is 90.8 Å². The van der Waals surface area contributed by atoms with Crippen molar-refractivity contribution >= 4 is 157 Å². The van der Waals surface area contributed by atoms with Crippen LogP contribution in [0.1, 0.15) is 27.8 Å². The van der Waals surface area contributed by atoms with E-state index in [4.69, 9.17) is 37.3 Å². The summed E-state index contributed by atoms with van der Waals surface area (Å²) in [6, 6.07) is 40.6. The van der Waals surface area contributed by atoms with E-state index in [1.54, 1.807) is 109 Å². The van der Waals surface area contributed by atoms with E-state index in [1.165, 1.54) is 85.7 Å². The van der Waals surface area contributed by atoms with Crippen LogP contribution >= 0.6 is 22.3 Å². The minimum Gasteiger partial charge on any atom is -0.490 e. The number of nitrogens with zero attached hydrogens (tertiary/aromatic N) is 10. The van der Waals surface area contributed by atoms with Crippen LogP contribution < -0.4 is 64.2 Å². The highest BCUT2D eigenvalue weighted by Crippen LogP contribution is 2.37. The van der Waals surface area contributed by atoms with Crippen molar-refractivity contribution in [2.75, 3.05) is 121 Å². The molecule has 0 unspecified atom stereocenters. The third-order valence-electron chi connectivity index (χ3n) is 16.4. The highest BCUT2D eigenvalue weighted by Gasteiger charge is 2.30. The number of methoxy groups -OCH3 is 1. The number of nitrogen functional groups attached to an aromatic ring is 2. The number of fused-ring (bicyclic) bond motifs is 5. The van der Waals surface area contributed by atoms with Crippen molar-refractivity contribution in [3.8, 4) is 29.0 Å². The molecule has 14 rings (SSSR count). The van der Waals surface area contributed by atoms with Crippen molar-refractivity contribution in [3.05, 3.63) is 237 Å². The van der Waals surface area contributed by atoms with E-state index in [1.807, 2.05) is 18.2 Å². The van der Waals surface area contributed by atoms with Crippen LogP contribution in [0.3, 0.4) is 0 Å². The molecule has 114 heavy (non-hydrogen) atoms. The normalized spacial score (nSPS) is 13.3. The molecule has 604 valence electrons. The van der Waals surface area contributed by atoms with Crippen LogP contribution in [0, 0.1) is 20.2 Å². The Bertz CT molecular complexity index is 5640. The summed E-state index contributed by atoms with van der Waals surface area (Å²) in [6.45, 7) is 9.54. The lowest BCUT2D eigenvalue weighted by molar-refractivity contribution is -0.385. The van der Waals surface area contributed by atoms with Gasteiger partial charge in [0, 0.05) is 126 Å². The molecule has 35 nitrogen and oxygen atoms in total. The van der Waals surface area contributed by atoms with Crippen molar-refractivity contribution in [1.29, 1.82) is 0 Å². The Kier molecular flexibility index (Phi) is 29.2. The molecular formula is C72H78Cl2N16O19S5. The summed E-state index contributed by atoms with van der Waals surface area (Å²) in [5.41, 5.74) is 23.2. The number of carbonyl (C=O) groups is 2. The summed E-state index contributed by atoms with van der Waals surface area (Å²) in [5.74, 6) is 1.51. The van der Waals surface area contributed by atoms with E-state index in [0.29, 0.717) is 108 Å². The number of nitrogens with two attached hydrogens (primary N) is 2. The fourth-order valence-corrected chi connectivity index (χ4v) is 15.5. The van der Waals surface area contributed by atoms with Gasteiger partial charge in [-0.25, -0.2) is 52.1 Å². The van der Waals surface area contributed by atoms with Crippen LogP contribution in [-0.4, -0.2) is 155 Å². The van der Waals surface area contributed by atoms with E-state index < -0.39 is 54.1 Å². The Balaban J connectivity index is 0.000000175. The Morgan fingerprint density at radius 1 is 0.535 bits per heavy atom. The Morgan fingerprint density at radius 3 is 1.40 bits per heavy atom. The highest BCUT2D eigenvalue weighted by atomic mass is 35.7. The predicted octanol–water partition coefficient (Wildman–Crippen LogP) is 10.4. The molecule has 42 heteroatoms. The first-order valence-corrected chi connectivity index (χ1v) is 44.1. The molecule has 0 atom stereocenters. The quantitative estimate of drug-likeness (QED) is 0.0123. The molecule has 9 aromatic rings. The van der Waals surface area contributed by atoms with E-state index in [2.05, 4.69) is 65.0 Å². The largest absolute Gasteiger partial charge is 0.490 e. The lowest BCUT2D eigenvalue weighted by atomic mass is 10.1. The van der Waals surface area contributed by atoms with Gasteiger partial charge in [-0.3, -0.25) is 47.0 Å². The fraction of sp³-hybridized carbons (Fsp3) is 0.222. The summed E-state index contributed by atoms with van der Waals surface area (Å²) >= 11 is 5.73. The molecule has 0 saturated heterocycles. The van der Waals surface area contributed by atoms with Gasteiger partial charge in [0.1, 0.15) is 11.5 Å². The monoisotopic (exact) mass is 1700 g/mol. The van der Waals surface area contributed by atoms with E-state index in [-0.39, 0.29) is 39.3 Å². The number of hydrogen-bond acceptors (Lipinski definition) is 27. The first-order valence-electron chi connectivity index (χ1n) is 33.6. The summed E-state index contributed by atoms with van der Waals surface area (Å²) in [7, 11) is -10.1. The highest BCUT2D eigenvalue weighted by molar-refractivity contribution is 8.13. The van der Waals surface area contributed by atoms with Crippen molar-refractivity contribution < 1.29 is 75.7 Å². The second-order valence-electron chi connectivity index (χ2n) is 25.0. The van der Waals surface area contributed by atoms with Crippen molar-refractivity contribution in [2.45, 2.75) is 32.1 Å². The van der Waals surface area contributed by atoms with Crippen molar-refractivity contribution in [2.24, 2.45) is 0 Å². The molecule has 0 aliphatic carbocycles. The molecule has 0 spiro atoms. The second-order valence-corrected chi connectivity index (χ2v) is 36.0. The van der Waals surface area contributed by atoms with Gasteiger partial charge in [-0.2, -0.15) is 9.97 Å². The minimum absolute atomic E-state index is 0.00546. The second kappa shape index (κ2) is 38.0. The molecule has 7 heterocycles. The number of halogens is 2.